The topological polar surface area (TPSA) is 9.23 Å². The van der Waals surface area contributed by atoms with E-state index < -0.39 is 0 Å². The lowest BCUT2D eigenvalue weighted by Gasteiger charge is -2.07. The normalized spacial score (nSPS) is 10.1. The van der Waals surface area contributed by atoms with E-state index in [0.29, 0.717) is 6.61 Å². The fourth-order valence-electron chi connectivity index (χ4n) is 1.46. The van der Waals surface area contributed by atoms with Gasteiger partial charge in [-0.05, 0) is 23.3 Å². The van der Waals surface area contributed by atoms with Gasteiger partial charge in [-0.1, -0.05) is 65.1 Å². The molecule has 0 fully saturated rings. The Kier molecular flexibility index (Phi) is 4.22. The Morgan fingerprint density at radius 3 is 2.38 bits per heavy atom. The van der Waals surface area contributed by atoms with Gasteiger partial charge in [-0.15, -0.1) is 0 Å². The molecule has 0 bridgehead atoms. The molecule has 0 atom stereocenters. The standard InChI is InChI=1S/C14H13IO/c15-10-13-7-4-8-14(9-13)16-11-12-5-2-1-3-6-12/h1-9H,10-11H2. The highest BCUT2D eigenvalue weighted by Crippen LogP contribution is 2.16. The summed E-state index contributed by atoms with van der Waals surface area (Å²) >= 11 is 2.35. The highest BCUT2D eigenvalue weighted by molar-refractivity contribution is 14.1. The van der Waals surface area contributed by atoms with Crippen molar-refractivity contribution in [2.45, 2.75) is 11.0 Å². The molecule has 2 aromatic carbocycles. The van der Waals surface area contributed by atoms with E-state index in [1.165, 1.54) is 11.1 Å². The number of rotatable bonds is 4. The lowest BCUT2D eigenvalue weighted by Crippen LogP contribution is -1.95. The van der Waals surface area contributed by atoms with Crippen molar-refractivity contribution < 1.29 is 4.74 Å². The smallest absolute Gasteiger partial charge is 0.120 e. The Bertz CT molecular complexity index is 439. The van der Waals surface area contributed by atoms with Crippen LogP contribution in [0.4, 0.5) is 0 Å². The van der Waals surface area contributed by atoms with Gasteiger partial charge in [0.1, 0.15) is 12.4 Å². The van der Waals surface area contributed by atoms with E-state index in [1.54, 1.807) is 0 Å². The van der Waals surface area contributed by atoms with E-state index in [4.69, 9.17) is 4.74 Å². The number of benzene rings is 2. The number of ether oxygens (including phenoxy) is 1. The second-order valence-electron chi connectivity index (χ2n) is 3.56. The van der Waals surface area contributed by atoms with Crippen LogP contribution in [0.1, 0.15) is 11.1 Å². The van der Waals surface area contributed by atoms with Crippen LogP contribution < -0.4 is 4.74 Å². The number of hydrogen-bond acceptors (Lipinski definition) is 1. The lowest BCUT2D eigenvalue weighted by atomic mass is 10.2. The molecule has 0 aliphatic rings. The maximum atomic E-state index is 5.73. The van der Waals surface area contributed by atoms with Crippen LogP contribution in [0.25, 0.3) is 0 Å². The summed E-state index contributed by atoms with van der Waals surface area (Å²) in [6, 6.07) is 18.5. The van der Waals surface area contributed by atoms with Crippen molar-refractivity contribution in [2.75, 3.05) is 0 Å². The summed E-state index contributed by atoms with van der Waals surface area (Å²) in [4.78, 5) is 0. The molecular weight excluding hydrogens is 311 g/mol. The minimum Gasteiger partial charge on any atom is -0.489 e. The molecular formula is C14H13IO. The van der Waals surface area contributed by atoms with Crippen LogP contribution in [-0.4, -0.2) is 0 Å². The zero-order valence-electron chi connectivity index (χ0n) is 8.90. The van der Waals surface area contributed by atoms with Crippen LogP contribution in [0.2, 0.25) is 0 Å². The predicted octanol–water partition coefficient (Wildman–Crippen LogP) is 4.20. The van der Waals surface area contributed by atoms with Crippen molar-refractivity contribution in [2.24, 2.45) is 0 Å². The van der Waals surface area contributed by atoms with Crippen LogP contribution in [0, 0.1) is 0 Å². The maximum absolute atomic E-state index is 5.73. The second-order valence-corrected chi connectivity index (χ2v) is 4.32. The SMILES string of the molecule is ICc1cccc(OCc2ccccc2)c1. The van der Waals surface area contributed by atoms with Gasteiger partial charge < -0.3 is 4.74 Å². The van der Waals surface area contributed by atoms with Gasteiger partial charge in [0, 0.05) is 4.43 Å². The molecule has 0 saturated carbocycles. The number of halogens is 1. The van der Waals surface area contributed by atoms with Gasteiger partial charge in [-0.25, -0.2) is 0 Å². The molecule has 0 aliphatic carbocycles. The Labute approximate surface area is 110 Å². The number of hydrogen-bond donors (Lipinski definition) is 0. The average Bonchev–Trinajstić information content (AvgIpc) is 2.38. The molecule has 0 amide bonds. The Morgan fingerprint density at radius 2 is 1.62 bits per heavy atom. The molecule has 16 heavy (non-hydrogen) atoms. The van der Waals surface area contributed by atoms with Crippen molar-refractivity contribution >= 4 is 22.6 Å². The molecule has 0 unspecified atom stereocenters. The van der Waals surface area contributed by atoms with Crippen LogP contribution in [0.5, 0.6) is 5.75 Å². The van der Waals surface area contributed by atoms with Crippen LogP contribution >= 0.6 is 22.6 Å². The Hall–Kier alpha value is -1.03. The van der Waals surface area contributed by atoms with E-state index in [2.05, 4.69) is 46.9 Å². The van der Waals surface area contributed by atoms with Gasteiger partial charge in [-0.2, -0.15) is 0 Å². The molecule has 0 saturated heterocycles. The fraction of sp³-hybridized carbons (Fsp3) is 0.143. The van der Waals surface area contributed by atoms with Crippen LogP contribution in [0.15, 0.2) is 54.6 Å². The second kappa shape index (κ2) is 5.89. The first-order valence-electron chi connectivity index (χ1n) is 5.20. The van der Waals surface area contributed by atoms with Gasteiger partial charge in [0.15, 0.2) is 0 Å². The van der Waals surface area contributed by atoms with Crippen molar-refractivity contribution in [3.8, 4) is 5.75 Å². The molecule has 0 aliphatic heterocycles. The average molecular weight is 324 g/mol. The molecule has 1 nitrogen and oxygen atoms in total. The van der Waals surface area contributed by atoms with E-state index in [1.807, 2.05) is 30.3 Å². The number of alkyl halides is 1. The molecule has 0 radical (unpaired) electrons. The van der Waals surface area contributed by atoms with Crippen molar-refractivity contribution in [3.63, 3.8) is 0 Å². The minimum atomic E-state index is 0.630. The summed E-state index contributed by atoms with van der Waals surface area (Å²) in [5, 5.41) is 0. The first kappa shape index (κ1) is 11.5. The third-order valence-corrected chi connectivity index (χ3v) is 3.18. The van der Waals surface area contributed by atoms with Crippen LogP contribution in [0.3, 0.4) is 0 Å². The summed E-state index contributed by atoms with van der Waals surface area (Å²) in [7, 11) is 0. The molecule has 2 aromatic rings. The zero-order chi connectivity index (χ0) is 11.2. The van der Waals surface area contributed by atoms with Gasteiger partial charge in [0.2, 0.25) is 0 Å². The molecule has 82 valence electrons. The quantitative estimate of drug-likeness (QED) is 0.605. The summed E-state index contributed by atoms with van der Waals surface area (Å²) < 4.78 is 6.75. The summed E-state index contributed by atoms with van der Waals surface area (Å²) in [5.74, 6) is 0.943. The molecule has 0 aromatic heterocycles. The Morgan fingerprint density at radius 1 is 0.875 bits per heavy atom. The Balaban J connectivity index is 1.99. The summed E-state index contributed by atoms with van der Waals surface area (Å²) in [6.45, 7) is 0.630. The van der Waals surface area contributed by atoms with Crippen molar-refractivity contribution in [1.82, 2.24) is 0 Å². The third-order valence-electron chi connectivity index (χ3n) is 2.30. The first-order chi connectivity index (χ1) is 7.88. The fourth-order valence-corrected chi connectivity index (χ4v) is 1.93. The highest BCUT2D eigenvalue weighted by atomic mass is 127. The monoisotopic (exact) mass is 324 g/mol. The van der Waals surface area contributed by atoms with Gasteiger partial charge in [0.05, 0.1) is 0 Å². The van der Waals surface area contributed by atoms with E-state index >= 15 is 0 Å². The summed E-state index contributed by atoms with van der Waals surface area (Å²) in [6.07, 6.45) is 0. The van der Waals surface area contributed by atoms with Crippen molar-refractivity contribution in [1.29, 1.82) is 0 Å². The third kappa shape index (κ3) is 3.23. The zero-order valence-corrected chi connectivity index (χ0v) is 11.1. The molecule has 0 spiro atoms. The first-order valence-corrected chi connectivity index (χ1v) is 6.72. The van der Waals surface area contributed by atoms with E-state index in [0.717, 1.165) is 10.2 Å². The van der Waals surface area contributed by atoms with Crippen molar-refractivity contribution in [3.05, 3.63) is 65.7 Å². The molecule has 0 heterocycles. The van der Waals surface area contributed by atoms with Gasteiger partial charge in [0.25, 0.3) is 0 Å². The lowest BCUT2D eigenvalue weighted by molar-refractivity contribution is 0.306. The largest absolute Gasteiger partial charge is 0.489 e. The molecule has 2 rings (SSSR count). The van der Waals surface area contributed by atoms with E-state index in [-0.39, 0.29) is 0 Å². The molecule has 2 heteroatoms. The van der Waals surface area contributed by atoms with E-state index in [9.17, 15) is 0 Å². The minimum absolute atomic E-state index is 0.630. The highest BCUT2D eigenvalue weighted by Gasteiger charge is 1.96. The summed E-state index contributed by atoms with van der Waals surface area (Å²) in [5.41, 5.74) is 2.49. The van der Waals surface area contributed by atoms with Gasteiger partial charge >= 0.3 is 0 Å². The van der Waals surface area contributed by atoms with Gasteiger partial charge in [-0.3, -0.25) is 0 Å². The predicted molar refractivity (Wildman–Crippen MR) is 74.9 cm³/mol. The van der Waals surface area contributed by atoms with Crippen LogP contribution in [-0.2, 0) is 11.0 Å². The maximum Gasteiger partial charge on any atom is 0.120 e. The molecule has 0 N–H and O–H groups in total.